The Balaban J connectivity index is 1.95. The van der Waals surface area contributed by atoms with Gasteiger partial charge in [-0.25, -0.2) is 0 Å². The number of hydrogen-bond acceptors (Lipinski definition) is 3. The summed E-state index contributed by atoms with van der Waals surface area (Å²) in [6.45, 7) is 2.97. The third kappa shape index (κ3) is 2.61. The van der Waals surface area contributed by atoms with E-state index in [2.05, 4.69) is 24.3 Å². The number of amides is 1. The molecule has 0 aliphatic heterocycles. The van der Waals surface area contributed by atoms with Crippen LogP contribution < -0.4 is 0 Å². The molecule has 1 amide bonds. The van der Waals surface area contributed by atoms with E-state index in [1.54, 1.807) is 16.2 Å². The van der Waals surface area contributed by atoms with E-state index in [0.29, 0.717) is 13.1 Å². The van der Waals surface area contributed by atoms with Gasteiger partial charge in [-0.1, -0.05) is 24.3 Å². The lowest BCUT2D eigenvalue weighted by molar-refractivity contribution is 0.0737. The summed E-state index contributed by atoms with van der Waals surface area (Å²) in [5, 5.41) is 9.07. The predicted octanol–water partition coefficient (Wildman–Crippen LogP) is 2.97. The molecule has 3 rings (SSSR count). The van der Waals surface area contributed by atoms with Crippen LogP contribution >= 0.6 is 11.3 Å². The van der Waals surface area contributed by atoms with Crippen molar-refractivity contribution in [2.75, 3.05) is 19.7 Å². The van der Waals surface area contributed by atoms with Gasteiger partial charge >= 0.3 is 0 Å². The quantitative estimate of drug-likeness (QED) is 0.943. The molecular weight excluding hydrogens is 282 g/mol. The third-order valence-corrected chi connectivity index (χ3v) is 5.18. The van der Waals surface area contributed by atoms with Gasteiger partial charge in [-0.15, -0.1) is 11.3 Å². The number of aryl methyl sites for hydroxylation is 2. The second kappa shape index (κ2) is 6.00. The molecule has 1 aliphatic carbocycles. The van der Waals surface area contributed by atoms with Crippen molar-refractivity contribution in [2.45, 2.75) is 19.8 Å². The molecule has 0 spiro atoms. The minimum atomic E-state index is 0.00744. The molecule has 1 heterocycles. The number of hydrogen-bond donors (Lipinski definition) is 1. The van der Waals surface area contributed by atoms with Crippen molar-refractivity contribution in [3.05, 3.63) is 46.3 Å². The van der Waals surface area contributed by atoms with Crippen LogP contribution in [-0.4, -0.2) is 35.6 Å². The average molecular weight is 301 g/mol. The zero-order valence-electron chi connectivity index (χ0n) is 12.1. The van der Waals surface area contributed by atoms with E-state index >= 15 is 0 Å². The summed E-state index contributed by atoms with van der Waals surface area (Å²) in [7, 11) is 0. The fraction of sp³-hybridized carbons (Fsp3) is 0.353. The predicted molar refractivity (Wildman–Crippen MR) is 85.8 cm³/mol. The molecule has 0 saturated heterocycles. The lowest BCUT2D eigenvalue weighted by Gasteiger charge is -2.18. The fourth-order valence-corrected chi connectivity index (χ4v) is 4.10. The number of nitrogens with zero attached hydrogens (tertiary/aromatic N) is 1. The Hall–Kier alpha value is -1.65. The molecule has 2 aromatic rings. The van der Waals surface area contributed by atoms with Gasteiger partial charge in [-0.2, -0.15) is 0 Å². The Morgan fingerprint density at radius 1 is 1.29 bits per heavy atom. The highest BCUT2D eigenvalue weighted by molar-refractivity contribution is 7.17. The molecule has 0 bridgehead atoms. The van der Waals surface area contributed by atoms with Gasteiger partial charge in [0, 0.05) is 18.0 Å². The number of aliphatic hydroxyl groups excluding tert-OH is 1. The maximum absolute atomic E-state index is 12.5. The number of carbonyl (C=O) groups excluding carboxylic acids is 1. The molecule has 110 valence electrons. The van der Waals surface area contributed by atoms with Crippen molar-refractivity contribution in [2.24, 2.45) is 0 Å². The van der Waals surface area contributed by atoms with Gasteiger partial charge in [0.1, 0.15) is 0 Å². The monoisotopic (exact) mass is 301 g/mol. The summed E-state index contributed by atoms with van der Waals surface area (Å²) in [6, 6.07) is 10.5. The summed E-state index contributed by atoms with van der Waals surface area (Å²) >= 11 is 1.58. The minimum absolute atomic E-state index is 0.00744. The highest BCUT2D eigenvalue weighted by Gasteiger charge is 2.23. The van der Waals surface area contributed by atoms with Crippen LogP contribution in [0.5, 0.6) is 0 Å². The van der Waals surface area contributed by atoms with Crippen molar-refractivity contribution in [1.82, 2.24) is 4.90 Å². The highest BCUT2D eigenvalue weighted by Crippen LogP contribution is 2.39. The molecule has 4 heteroatoms. The van der Waals surface area contributed by atoms with E-state index < -0.39 is 0 Å². The van der Waals surface area contributed by atoms with Gasteiger partial charge < -0.3 is 10.0 Å². The Bertz CT molecular complexity index is 663. The number of likely N-dealkylation sites (N-methyl/N-ethyl adjacent to an activating group) is 1. The standard InChI is InChI=1S/C17H19NO2S/c1-2-18(9-10-19)17(20)15-11-13-8-7-12-5-3-4-6-14(12)16(13)21-15/h3-6,11,19H,2,7-10H2,1H3. The van der Waals surface area contributed by atoms with Crippen molar-refractivity contribution in [1.29, 1.82) is 0 Å². The zero-order chi connectivity index (χ0) is 14.8. The Morgan fingerprint density at radius 3 is 2.81 bits per heavy atom. The molecule has 0 saturated carbocycles. The van der Waals surface area contributed by atoms with E-state index in [-0.39, 0.29) is 12.5 Å². The van der Waals surface area contributed by atoms with Crippen molar-refractivity contribution < 1.29 is 9.90 Å². The molecule has 1 aromatic heterocycles. The van der Waals surface area contributed by atoms with E-state index in [9.17, 15) is 4.79 Å². The van der Waals surface area contributed by atoms with Crippen LogP contribution in [0.3, 0.4) is 0 Å². The molecule has 1 aliphatic rings. The van der Waals surface area contributed by atoms with Gasteiger partial charge in [0.2, 0.25) is 0 Å². The van der Waals surface area contributed by atoms with Crippen LogP contribution in [0.4, 0.5) is 0 Å². The molecule has 0 unspecified atom stereocenters. The van der Waals surface area contributed by atoms with Gasteiger partial charge in [-0.3, -0.25) is 4.79 Å². The first-order chi connectivity index (χ1) is 10.2. The number of thiophene rings is 1. The summed E-state index contributed by atoms with van der Waals surface area (Å²) in [6.07, 6.45) is 2.05. The van der Waals surface area contributed by atoms with Crippen LogP contribution in [0.2, 0.25) is 0 Å². The van der Waals surface area contributed by atoms with Crippen LogP contribution in [0.1, 0.15) is 27.7 Å². The third-order valence-electron chi connectivity index (χ3n) is 3.98. The van der Waals surface area contributed by atoms with E-state index in [0.717, 1.165) is 17.7 Å². The van der Waals surface area contributed by atoms with Gasteiger partial charge in [0.25, 0.3) is 5.91 Å². The summed E-state index contributed by atoms with van der Waals surface area (Å²) in [4.78, 5) is 16.2. The first kappa shape index (κ1) is 14.3. The molecule has 0 fully saturated rings. The zero-order valence-corrected chi connectivity index (χ0v) is 12.9. The Kier molecular flexibility index (Phi) is 4.08. The molecule has 0 atom stereocenters. The number of carbonyl (C=O) groups is 1. The van der Waals surface area contributed by atoms with E-state index in [1.807, 2.05) is 13.0 Å². The maximum Gasteiger partial charge on any atom is 0.264 e. The summed E-state index contributed by atoms with van der Waals surface area (Å²) < 4.78 is 0. The van der Waals surface area contributed by atoms with E-state index in [4.69, 9.17) is 5.11 Å². The highest BCUT2D eigenvalue weighted by atomic mass is 32.1. The van der Waals surface area contributed by atoms with E-state index in [1.165, 1.54) is 21.6 Å². The van der Waals surface area contributed by atoms with Crippen LogP contribution in [0.15, 0.2) is 30.3 Å². The lowest BCUT2D eigenvalue weighted by atomic mass is 9.91. The van der Waals surface area contributed by atoms with Crippen molar-refractivity contribution in [3.63, 3.8) is 0 Å². The summed E-state index contributed by atoms with van der Waals surface area (Å²) in [5.74, 6) is 0.0310. The molecule has 21 heavy (non-hydrogen) atoms. The first-order valence-corrected chi connectivity index (χ1v) is 8.17. The molecule has 1 N–H and O–H groups in total. The number of fused-ring (bicyclic) bond motifs is 3. The smallest absolute Gasteiger partial charge is 0.264 e. The van der Waals surface area contributed by atoms with Gasteiger partial charge in [0.15, 0.2) is 0 Å². The molecule has 1 aromatic carbocycles. The molecular formula is C17H19NO2S. The normalized spacial score (nSPS) is 12.7. The maximum atomic E-state index is 12.5. The van der Waals surface area contributed by atoms with Crippen LogP contribution in [-0.2, 0) is 12.8 Å². The number of rotatable bonds is 4. The fourth-order valence-electron chi connectivity index (χ4n) is 2.86. The topological polar surface area (TPSA) is 40.5 Å². The average Bonchev–Trinajstić information content (AvgIpc) is 2.96. The van der Waals surface area contributed by atoms with Gasteiger partial charge in [-0.05, 0) is 42.5 Å². The SMILES string of the molecule is CCN(CCO)C(=O)c1cc2c(s1)-c1ccccc1CC2. The van der Waals surface area contributed by atoms with Crippen molar-refractivity contribution in [3.8, 4) is 10.4 Å². The van der Waals surface area contributed by atoms with Crippen LogP contribution in [0, 0.1) is 0 Å². The Morgan fingerprint density at radius 2 is 2.05 bits per heavy atom. The Labute approximate surface area is 128 Å². The second-order valence-electron chi connectivity index (χ2n) is 5.23. The molecule has 3 nitrogen and oxygen atoms in total. The second-order valence-corrected chi connectivity index (χ2v) is 6.28. The number of benzene rings is 1. The van der Waals surface area contributed by atoms with Crippen LogP contribution in [0.25, 0.3) is 10.4 Å². The first-order valence-electron chi connectivity index (χ1n) is 7.35. The number of aliphatic hydroxyl groups is 1. The lowest BCUT2D eigenvalue weighted by Crippen LogP contribution is -2.32. The van der Waals surface area contributed by atoms with Gasteiger partial charge in [0.05, 0.1) is 11.5 Å². The summed E-state index contributed by atoms with van der Waals surface area (Å²) in [5.41, 5.74) is 3.92. The largest absolute Gasteiger partial charge is 0.395 e. The molecule has 0 radical (unpaired) electrons. The van der Waals surface area contributed by atoms with Crippen molar-refractivity contribution >= 4 is 17.2 Å². The minimum Gasteiger partial charge on any atom is -0.395 e.